The summed E-state index contributed by atoms with van der Waals surface area (Å²) in [6.45, 7) is 5.92. The van der Waals surface area contributed by atoms with E-state index in [4.69, 9.17) is 10.5 Å². The van der Waals surface area contributed by atoms with Gasteiger partial charge in [0.05, 0.1) is 6.61 Å². The lowest BCUT2D eigenvalue weighted by atomic mass is 10.2. The molecule has 102 valence electrons. The van der Waals surface area contributed by atoms with E-state index >= 15 is 0 Å². The lowest BCUT2D eigenvalue weighted by Crippen LogP contribution is -2.02. The summed E-state index contributed by atoms with van der Waals surface area (Å²) in [7, 11) is 0. The van der Waals surface area contributed by atoms with E-state index in [0.717, 1.165) is 30.3 Å². The van der Waals surface area contributed by atoms with Crippen molar-refractivity contribution < 1.29 is 4.74 Å². The minimum atomic E-state index is 0.571. The van der Waals surface area contributed by atoms with Gasteiger partial charge in [-0.25, -0.2) is 0 Å². The van der Waals surface area contributed by atoms with Crippen LogP contribution in [0.15, 0.2) is 24.3 Å². The number of benzene rings is 1. The van der Waals surface area contributed by atoms with Gasteiger partial charge in [0.25, 0.3) is 0 Å². The molecule has 2 nitrogen and oxygen atoms in total. The fraction of sp³-hybridized carbons (Fsp3) is 0.600. The molecule has 1 rings (SSSR count). The van der Waals surface area contributed by atoms with Crippen LogP contribution >= 0.6 is 11.8 Å². The Bertz CT molecular complexity index is 330. The first-order valence-electron chi connectivity index (χ1n) is 6.75. The minimum Gasteiger partial charge on any atom is -0.494 e. The van der Waals surface area contributed by atoms with Crippen LogP contribution in [0, 0.1) is 5.92 Å². The van der Waals surface area contributed by atoms with Gasteiger partial charge >= 0.3 is 0 Å². The first-order valence-corrected chi connectivity index (χ1v) is 7.91. The van der Waals surface area contributed by atoms with E-state index in [-0.39, 0.29) is 0 Å². The molecule has 0 aliphatic carbocycles. The predicted molar refractivity (Wildman–Crippen MR) is 81.2 cm³/mol. The standard InChI is InChI=1S/C15H25NOS/c1-3-13(2)12-18-9-5-8-17-15-7-4-6-14(10-15)11-16/h4,6-7,10,13H,3,5,8-9,11-12,16H2,1-2H3. The average molecular weight is 267 g/mol. The highest BCUT2D eigenvalue weighted by Crippen LogP contribution is 2.15. The van der Waals surface area contributed by atoms with E-state index in [1.54, 1.807) is 0 Å². The molecule has 0 spiro atoms. The summed E-state index contributed by atoms with van der Waals surface area (Å²) < 4.78 is 5.71. The first kappa shape index (κ1) is 15.4. The van der Waals surface area contributed by atoms with Gasteiger partial charge in [0.1, 0.15) is 5.75 Å². The summed E-state index contributed by atoms with van der Waals surface area (Å²) in [6, 6.07) is 8.03. The fourth-order valence-corrected chi connectivity index (χ4v) is 2.64. The molecule has 0 radical (unpaired) electrons. The molecule has 0 heterocycles. The molecule has 0 aliphatic rings. The van der Waals surface area contributed by atoms with Gasteiger partial charge < -0.3 is 10.5 Å². The largest absolute Gasteiger partial charge is 0.494 e. The van der Waals surface area contributed by atoms with Crippen molar-refractivity contribution in [2.24, 2.45) is 11.7 Å². The number of hydrogen-bond acceptors (Lipinski definition) is 3. The van der Waals surface area contributed by atoms with E-state index in [2.05, 4.69) is 13.8 Å². The number of nitrogens with two attached hydrogens (primary N) is 1. The molecule has 1 aromatic carbocycles. The quantitative estimate of drug-likeness (QED) is 0.693. The molecule has 2 N–H and O–H groups in total. The SMILES string of the molecule is CCC(C)CSCCCOc1cccc(CN)c1. The Labute approximate surface area is 115 Å². The van der Waals surface area contributed by atoms with Gasteiger partial charge in [-0.3, -0.25) is 0 Å². The van der Waals surface area contributed by atoms with Crippen molar-refractivity contribution in [1.29, 1.82) is 0 Å². The third kappa shape index (κ3) is 6.31. The summed E-state index contributed by atoms with van der Waals surface area (Å²) in [4.78, 5) is 0. The third-order valence-electron chi connectivity index (χ3n) is 2.94. The van der Waals surface area contributed by atoms with Crippen molar-refractivity contribution in [3.63, 3.8) is 0 Å². The number of ether oxygens (including phenoxy) is 1. The third-order valence-corrected chi connectivity index (χ3v) is 4.32. The molecule has 0 amide bonds. The summed E-state index contributed by atoms with van der Waals surface area (Å²) in [5.41, 5.74) is 6.72. The smallest absolute Gasteiger partial charge is 0.119 e. The van der Waals surface area contributed by atoms with Gasteiger partial charge in [0.15, 0.2) is 0 Å². The van der Waals surface area contributed by atoms with Crippen molar-refractivity contribution in [1.82, 2.24) is 0 Å². The Morgan fingerprint density at radius 2 is 2.22 bits per heavy atom. The van der Waals surface area contributed by atoms with Gasteiger partial charge in [-0.2, -0.15) is 11.8 Å². The maximum atomic E-state index is 5.71. The predicted octanol–water partition coefficient (Wildman–Crippen LogP) is 3.69. The molecule has 1 atom stereocenters. The maximum absolute atomic E-state index is 5.71. The summed E-state index contributed by atoms with van der Waals surface area (Å²) in [5, 5.41) is 0. The molecular weight excluding hydrogens is 242 g/mol. The Morgan fingerprint density at radius 3 is 2.94 bits per heavy atom. The molecule has 1 aromatic rings. The van der Waals surface area contributed by atoms with Gasteiger partial charge in [0.2, 0.25) is 0 Å². The number of hydrogen-bond donors (Lipinski definition) is 1. The van der Waals surface area contributed by atoms with Crippen LogP contribution in [-0.2, 0) is 6.54 Å². The van der Waals surface area contributed by atoms with E-state index in [9.17, 15) is 0 Å². The van der Waals surface area contributed by atoms with E-state index in [0.29, 0.717) is 6.54 Å². The van der Waals surface area contributed by atoms with Crippen LogP contribution in [0.4, 0.5) is 0 Å². The monoisotopic (exact) mass is 267 g/mol. The van der Waals surface area contributed by atoms with Crippen molar-refractivity contribution in [2.75, 3.05) is 18.1 Å². The zero-order chi connectivity index (χ0) is 13.2. The molecular formula is C15H25NOS. The molecule has 18 heavy (non-hydrogen) atoms. The second-order valence-electron chi connectivity index (χ2n) is 4.64. The van der Waals surface area contributed by atoms with Crippen LogP contribution in [0.25, 0.3) is 0 Å². The van der Waals surface area contributed by atoms with Crippen LogP contribution in [0.3, 0.4) is 0 Å². The minimum absolute atomic E-state index is 0.571. The highest BCUT2D eigenvalue weighted by molar-refractivity contribution is 7.99. The lowest BCUT2D eigenvalue weighted by Gasteiger charge is -2.09. The van der Waals surface area contributed by atoms with Crippen LogP contribution in [0.1, 0.15) is 32.3 Å². The van der Waals surface area contributed by atoms with Crippen molar-refractivity contribution in [3.05, 3.63) is 29.8 Å². The molecule has 0 bridgehead atoms. The van der Waals surface area contributed by atoms with Gasteiger partial charge in [0, 0.05) is 6.54 Å². The molecule has 0 aromatic heterocycles. The highest BCUT2D eigenvalue weighted by atomic mass is 32.2. The highest BCUT2D eigenvalue weighted by Gasteiger charge is 1.99. The first-order chi connectivity index (χ1) is 8.76. The lowest BCUT2D eigenvalue weighted by molar-refractivity contribution is 0.318. The Hall–Kier alpha value is -0.670. The van der Waals surface area contributed by atoms with Crippen LogP contribution in [0.5, 0.6) is 5.75 Å². The summed E-state index contributed by atoms with van der Waals surface area (Å²) in [5.74, 6) is 4.21. The zero-order valence-corrected chi connectivity index (χ0v) is 12.3. The van der Waals surface area contributed by atoms with Crippen molar-refractivity contribution in [2.45, 2.75) is 33.2 Å². The van der Waals surface area contributed by atoms with Crippen LogP contribution in [-0.4, -0.2) is 18.1 Å². The number of rotatable bonds is 9. The maximum Gasteiger partial charge on any atom is 0.119 e. The normalized spacial score (nSPS) is 12.4. The molecule has 3 heteroatoms. The van der Waals surface area contributed by atoms with Gasteiger partial charge in [-0.05, 0) is 41.5 Å². The van der Waals surface area contributed by atoms with E-state index in [1.807, 2.05) is 36.0 Å². The Kier molecular flexibility index (Phi) is 7.94. The molecule has 1 unspecified atom stereocenters. The molecule has 0 fully saturated rings. The molecule has 0 aliphatic heterocycles. The fourth-order valence-electron chi connectivity index (χ4n) is 1.52. The molecule has 0 saturated heterocycles. The van der Waals surface area contributed by atoms with Gasteiger partial charge in [-0.15, -0.1) is 0 Å². The van der Waals surface area contributed by atoms with Crippen LogP contribution in [0.2, 0.25) is 0 Å². The van der Waals surface area contributed by atoms with Gasteiger partial charge in [-0.1, -0.05) is 32.4 Å². The topological polar surface area (TPSA) is 35.2 Å². The number of thioether (sulfide) groups is 1. The Balaban J connectivity index is 2.10. The van der Waals surface area contributed by atoms with E-state index < -0.39 is 0 Å². The van der Waals surface area contributed by atoms with E-state index in [1.165, 1.54) is 17.9 Å². The van der Waals surface area contributed by atoms with Crippen molar-refractivity contribution in [3.8, 4) is 5.75 Å². The van der Waals surface area contributed by atoms with Crippen LogP contribution < -0.4 is 10.5 Å². The second kappa shape index (κ2) is 9.29. The Morgan fingerprint density at radius 1 is 1.39 bits per heavy atom. The second-order valence-corrected chi connectivity index (χ2v) is 5.79. The summed E-state index contributed by atoms with van der Waals surface area (Å²) in [6.07, 6.45) is 2.38. The van der Waals surface area contributed by atoms with Crippen molar-refractivity contribution >= 4 is 11.8 Å². The molecule has 0 saturated carbocycles. The average Bonchev–Trinajstić information content (AvgIpc) is 2.42. The zero-order valence-electron chi connectivity index (χ0n) is 11.5. The summed E-state index contributed by atoms with van der Waals surface area (Å²) >= 11 is 2.03.